The first kappa shape index (κ1) is 47.1. The van der Waals surface area contributed by atoms with Crippen molar-refractivity contribution in [1.82, 2.24) is 25.1 Å². The zero-order valence-corrected chi connectivity index (χ0v) is 39.3. The molecule has 6 aromatic rings. The summed E-state index contributed by atoms with van der Waals surface area (Å²) in [4.78, 5) is 54.2. The van der Waals surface area contributed by atoms with E-state index in [0.29, 0.717) is 105 Å². The van der Waals surface area contributed by atoms with Gasteiger partial charge in [-0.2, -0.15) is 0 Å². The monoisotopic (exact) mass is 948 g/mol. The zero-order chi connectivity index (χ0) is 48.3. The first-order valence-corrected chi connectivity index (χ1v) is 22.9. The second-order valence-electron chi connectivity index (χ2n) is 17.8. The number of nitrogens with two attached hydrogens (primary N) is 3. The molecule has 8 rings (SSSR count). The fourth-order valence-electron chi connectivity index (χ4n) is 8.36. The lowest BCUT2D eigenvalue weighted by Gasteiger charge is -2.40. The molecule has 0 radical (unpaired) electrons. The molecule has 2 aliphatic heterocycles. The van der Waals surface area contributed by atoms with Gasteiger partial charge in [-0.15, -0.1) is 0 Å². The molecule has 0 atom stereocenters. The number of fused-ring (bicyclic) bond motifs is 2. The first-order chi connectivity index (χ1) is 32.5. The number of carbonyl (C=O) groups excluding carboxylic acids is 3. The van der Waals surface area contributed by atoms with Gasteiger partial charge in [0.25, 0.3) is 11.8 Å². The lowest BCUT2D eigenvalue weighted by atomic mass is 9.99. The summed E-state index contributed by atoms with van der Waals surface area (Å²) >= 11 is 13.1. The van der Waals surface area contributed by atoms with Crippen molar-refractivity contribution in [2.75, 3.05) is 42.5 Å². The third-order valence-electron chi connectivity index (χ3n) is 11.9. The Morgan fingerprint density at radius 1 is 0.706 bits per heavy atom. The van der Waals surface area contributed by atoms with Gasteiger partial charge in [0, 0.05) is 105 Å². The molecule has 8 N–H and O–H groups in total. The van der Waals surface area contributed by atoms with Crippen molar-refractivity contribution in [2.45, 2.75) is 64.1 Å². The van der Waals surface area contributed by atoms with E-state index in [-0.39, 0.29) is 35.7 Å². The summed E-state index contributed by atoms with van der Waals surface area (Å²) in [5, 5.41) is 15.7. The van der Waals surface area contributed by atoms with E-state index in [0.717, 1.165) is 23.6 Å². The minimum atomic E-state index is -0.821. The van der Waals surface area contributed by atoms with E-state index in [4.69, 9.17) is 45.1 Å². The van der Waals surface area contributed by atoms with Gasteiger partial charge in [0.15, 0.2) is 0 Å². The number of anilines is 3. The number of benzene rings is 4. The molecule has 2 aliphatic rings. The number of aromatic nitrogens is 2. The van der Waals surface area contributed by atoms with Gasteiger partial charge in [-0.1, -0.05) is 52.9 Å². The van der Waals surface area contributed by atoms with E-state index in [9.17, 15) is 19.8 Å². The Kier molecular flexibility index (Phi) is 13.8. The Labute approximate surface area is 404 Å². The molecule has 4 heterocycles. The molecule has 2 fully saturated rings. The molecule has 14 nitrogen and oxygen atoms in total. The van der Waals surface area contributed by atoms with E-state index in [1.165, 1.54) is 0 Å². The van der Waals surface area contributed by atoms with Gasteiger partial charge in [0.2, 0.25) is 5.96 Å². The minimum absolute atomic E-state index is 0.0446. The van der Waals surface area contributed by atoms with Crippen LogP contribution < -0.4 is 27.4 Å². The number of pyridine rings is 2. The molecular formula is C52H50Cl2N10O4. The van der Waals surface area contributed by atoms with Crippen LogP contribution in [0.1, 0.15) is 89.4 Å². The topological polar surface area (TPSA) is 210 Å². The number of ether oxygens (including phenoxy) is 1. The number of halogens is 2. The molecule has 0 saturated carbocycles. The van der Waals surface area contributed by atoms with Crippen LogP contribution in [0.4, 0.5) is 22.1 Å². The van der Waals surface area contributed by atoms with E-state index in [1.807, 2.05) is 17.0 Å². The molecule has 2 aromatic heterocycles. The fourth-order valence-corrected chi connectivity index (χ4v) is 8.75. The molecule has 0 unspecified atom stereocenters. The van der Waals surface area contributed by atoms with Crippen LogP contribution in [0.15, 0.2) is 91.3 Å². The van der Waals surface area contributed by atoms with Crippen LogP contribution in [-0.2, 0) is 4.74 Å². The molecule has 16 heteroatoms. The van der Waals surface area contributed by atoms with Crippen molar-refractivity contribution in [1.29, 1.82) is 5.41 Å². The van der Waals surface area contributed by atoms with Gasteiger partial charge in [-0.25, -0.2) is 14.8 Å². The van der Waals surface area contributed by atoms with Crippen molar-refractivity contribution in [2.24, 2.45) is 5.73 Å². The fraction of sp³-hybridized carbons (Fsp3) is 0.269. The van der Waals surface area contributed by atoms with Crippen LogP contribution in [-0.4, -0.2) is 87.5 Å². The van der Waals surface area contributed by atoms with Crippen LogP contribution in [0.25, 0.3) is 21.5 Å². The normalized spacial score (nSPS) is 14.4. The number of hydrogen-bond donors (Lipinski definition) is 5. The summed E-state index contributed by atoms with van der Waals surface area (Å²) < 4.78 is 5.54. The van der Waals surface area contributed by atoms with Crippen molar-refractivity contribution in [3.8, 4) is 23.7 Å². The second-order valence-corrected chi connectivity index (χ2v) is 18.7. The van der Waals surface area contributed by atoms with Crippen molar-refractivity contribution in [3.05, 3.63) is 135 Å². The Morgan fingerprint density at radius 2 is 1.22 bits per heavy atom. The summed E-state index contributed by atoms with van der Waals surface area (Å²) in [5.41, 5.74) is 21.8. The highest BCUT2D eigenvalue weighted by Crippen LogP contribution is 2.37. The molecule has 2 saturated heterocycles. The number of nitrogen functional groups attached to an aromatic ring is 2. The molecule has 346 valence electrons. The number of nitrogens with zero attached hydrogens (tertiary/aromatic N) is 5. The third-order valence-corrected chi connectivity index (χ3v) is 12.3. The Balaban J connectivity index is 1.03. The van der Waals surface area contributed by atoms with Gasteiger partial charge in [-0.05, 0) is 119 Å². The maximum atomic E-state index is 13.9. The second kappa shape index (κ2) is 19.9. The standard InChI is InChI=1S/C52H50Cl2N10O4/c1-52(2,3)68-51(67)61-50(58)64(39-20-24-63(25-21-39)49(66)34-12-4-31(5-13-34)8-16-40-42-26-36(53)15-14-35(42)29-59-46(40)56)45-28-37(54)27-43-41(47(57)60-30-44(43)45)17-9-32-6-10-33(11-7-32)48(65)62-22-18-38(55)19-23-62/h4-7,10-15,26-30,38-39H,18-25,55H2,1-3H3,(H2,56,59)(H2,57,60)(H2,58,61,67). The molecule has 0 aliphatic carbocycles. The minimum Gasteiger partial charge on any atom is -0.444 e. The number of piperidine rings is 2. The quantitative estimate of drug-likeness (QED) is 0.0650. The van der Waals surface area contributed by atoms with Crippen LogP contribution >= 0.6 is 23.2 Å². The van der Waals surface area contributed by atoms with Gasteiger partial charge < -0.3 is 36.6 Å². The highest BCUT2D eigenvalue weighted by atomic mass is 35.5. The molecule has 0 spiro atoms. The maximum Gasteiger partial charge on any atom is 0.414 e. The Hall–Kier alpha value is -7.36. The molecule has 3 amide bonds. The van der Waals surface area contributed by atoms with E-state index in [1.54, 1.807) is 110 Å². The van der Waals surface area contributed by atoms with Crippen LogP contribution in [0.2, 0.25) is 10.0 Å². The predicted octanol–water partition coefficient (Wildman–Crippen LogP) is 8.19. The SMILES string of the molecule is CC(C)(C)OC(=O)NC(=N)N(c1cc(Cl)cc2c(C#Cc3ccc(C(=O)N4CCC(N)CC4)cc3)c(N)ncc12)C1CCN(C(=O)c2ccc(C#Cc3c(N)ncc4ccc(Cl)cc34)cc2)CC1. The summed E-state index contributed by atoms with van der Waals surface area (Å²) in [6, 6.07) is 22.8. The third kappa shape index (κ3) is 10.7. The lowest BCUT2D eigenvalue weighted by Crippen LogP contribution is -2.53. The van der Waals surface area contributed by atoms with Crippen molar-refractivity contribution in [3.63, 3.8) is 0 Å². The maximum absolute atomic E-state index is 13.9. The Bertz CT molecular complexity index is 3080. The molecular weight excluding hydrogens is 900 g/mol. The highest BCUT2D eigenvalue weighted by molar-refractivity contribution is 6.32. The number of hydrogen-bond acceptors (Lipinski definition) is 10. The number of rotatable bonds is 4. The number of guanidine groups is 1. The first-order valence-electron chi connectivity index (χ1n) is 22.2. The van der Waals surface area contributed by atoms with E-state index in [2.05, 4.69) is 39.0 Å². The van der Waals surface area contributed by atoms with Gasteiger partial charge in [0.1, 0.15) is 17.2 Å². The number of likely N-dealkylation sites (tertiary alicyclic amines) is 2. The van der Waals surface area contributed by atoms with Gasteiger partial charge >= 0.3 is 6.09 Å². The summed E-state index contributed by atoms with van der Waals surface area (Å²) in [6.07, 6.45) is 4.89. The largest absolute Gasteiger partial charge is 0.444 e. The van der Waals surface area contributed by atoms with Gasteiger partial charge in [0.05, 0.1) is 16.8 Å². The van der Waals surface area contributed by atoms with Crippen LogP contribution in [0, 0.1) is 29.1 Å². The molecule has 4 aromatic carbocycles. The summed E-state index contributed by atoms with van der Waals surface area (Å²) in [5.74, 6) is 12.6. The van der Waals surface area contributed by atoms with Crippen molar-refractivity contribution < 1.29 is 19.1 Å². The number of amides is 3. The van der Waals surface area contributed by atoms with Crippen LogP contribution in [0.3, 0.4) is 0 Å². The predicted molar refractivity (Wildman–Crippen MR) is 269 cm³/mol. The van der Waals surface area contributed by atoms with Gasteiger partial charge in [-0.3, -0.25) is 20.3 Å². The molecule has 0 bridgehead atoms. The molecule has 68 heavy (non-hydrogen) atoms. The average Bonchev–Trinajstić information content (AvgIpc) is 3.30. The number of nitrogens with one attached hydrogen (secondary N) is 2. The van der Waals surface area contributed by atoms with Crippen LogP contribution in [0.5, 0.6) is 0 Å². The summed E-state index contributed by atoms with van der Waals surface area (Å²) in [7, 11) is 0. The smallest absolute Gasteiger partial charge is 0.414 e. The summed E-state index contributed by atoms with van der Waals surface area (Å²) in [6.45, 7) is 7.17. The van der Waals surface area contributed by atoms with E-state index >= 15 is 0 Å². The number of alkyl carbamates (subject to hydrolysis) is 1. The lowest BCUT2D eigenvalue weighted by molar-refractivity contribution is 0.0561. The average molecular weight is 950 g/mol. The zero-order valence-electron chi connectivity index (χ0n) is 37.8. The van der Waals surface area contributed by atoms with Crippen molar-refractivity contribution >= 4 is 85.9 Å². The highest BCUT2D eigenvalue weighted by Gasteiger charge is 2.33. The number of carbonyl (C=O) groups is 3. The Morgan fingerprint density at radius 3 is 1.78 bits per heavy atom. The van der Waals surface area contributed by atoms with E-state index < -0.39 is 11.7 Å².